The Labute approximate surface area is 567 Å². The van der Waals surface area contributed by atoms with Gasteiger partial charge in [-0.05, 0) is 114 Å². The maximum Gasteiger partial charge on any atom is 0.306 e. The minimum atomic E-state index is -1.87. The van der Waals surface area contributed by atoms with Crippen LogP contribution in [0.4, 0.5) is 0 Å². The summed E-state index contributed by atoms with van der Waals surface area (Å²) in [5.41, 5.74) is 6.49. The highest BCUT2D eigenvalue weighted by Crippen LogP contribution is 2.33. The summed E-state index contributed by atoms with van der Waals surface area (Å²) in [6, 6.07) is 0. The first-order valence-electron chi connectivity index (χ1n) is 35.6. The average molecular weight is 1360 g/mol. The predicted octanol–water partition coefficient (Wildman–Crippen LogP) is 3.50. The zero-order valence-corrected chi connectivity index (χ0v) is 59.3. The molecule has 1 fully saturated rings. The van der Waals surface area contributed by atoms with Gasteiger partial charge in [0, 0.05) is 60.2 Å². The van der Waals surface area contributed by atoms with Crippen molar-refractivity contribution in [2.75, 3.05) is 13.2 Å². The molecular formula is C72H133NO22. The van der Waals surface area contributed by atoms with Gasteiger partial charge in [-0.1, -0.05) is 138 Å². The third kappa shape index (κ3) is 30.4. The fourth-order valence-electron chi connectivity index (χ4n) is 13.2. The van der Waals surface area contributed by atoms with Crippen LogP contribution in [0.15, 0.2) is 47.6 Å². The molecule has 0 spiro atoms. The summed E-state index contributed by atoms with van der Waals surface area (Å²) >= 11 is 0. The van der Waals surface area contributed by atoms with E-state index in [1.54, 1.807) is 74.5 Å². The van der Waals surface area contributed by atoms with E-state index in [0.29, 0.717) is 57.1 Å². The Morgan fingerprint density at radius 2 is 1.06 bits per heavy atom. The fourth-order valence-corrected chi connectivity index (χ4v) is 13.2. The number of allylic oxidation sites excluding steroid dienone is 1. The van der Waals surface area contributed by atoms with Gasteiger partial charge in [0.2, 0.25) is 0 Å². The van der Waals surface area contributed by atoms with Gasteiger partial charge in [0.05, 0.1) is 92.1 Å². The number of cyclic esters (lactones) is 1. The van der Waals surface area contributed by atoms with E-state index >= 15 is 0 Å². The summed E-state index contributed by atoms with van der Waals surface area (Å²) in [5.74, 6) is -6.35. The maximum atomic E-state index is 13.5. The van der Waals surface area contributed by atoms with Crippen molar-refractivity contribution < 1.29 is 111 Å². The van der Waals surface area contributed by atoms with Crippen molar-refractivity contribution in [1.82, 2.24) is 0 Å². The number of rotatable bonds is 10. The van der Waals surface area contributed by atoms with Crippen LogP contribution in [0.1, 0.15) is 199 Å². The molecule has 31 unspecified atom stereocenters. The first-order valence-corrected chi connectivity index (χ1v) is 35.6. The molecular weight excluding hydrogens is 1230 g/mol. The number of ether oxygens (including phenoxy) is 3. The highest BCUT2D eigenvalue weighted by Gasteiger charge is 2.46. The fraction of sp³-hybridized carbons (Fsp3) is 0.875. The number of esters is 1. The van der Waals surface area contributed by atoms with Crippen LogP contribution in [0.5, 0.6) is 0 Å². The van der Waals surface area contributed by atoms with Gasteiger partial charge >= 0.3 is 5.97 Å². The number of carbonyl (C=O) groups excluding carboxylic acids is 1. The Hall–Kier alpha value is -2.41. The Balaban J connectivity index is 2.44. The Kier molecular flexibility index (Phi) is 42.4. The van der Waals surface area contributed by atoms with Crippen LogP contribution in [0.3, 0.4) is 0 Å². The lowest BCUT2D eigenvalue weighted by Crippen LogP contribution is -2.60. The number of hydrogen-bond acceptors (Lipinski definition) is 23. The first-order chi connectivity index (χ1) is 44.5. The standard InChI is InChI=1S/C72H133NO22/c1-39-22-19-20-25-55(79)46(8)54(78)24-17-15-18-26-62(84)95-71(42(4)23-16-13-14-21-31-73)50(12)59(83)37-53(77)36-58(82)48(10)66(88)47(9)56(80)34-51(75)29-27-40(2)63(85)41(3)28-30-52(76)35-57(81)49(11)67(89)60(33-45(7)65(87)44(6)32-43(5)64(39)86)93-72-70(92)69(91)68(90)61(38-74)94-72/h19,22,28,30,32-33,39-42,44,46-61,63-72,74-83,85-92H,13-18,20-21,23-27,29,31,34-38,73H2,1-12H3/b22-19+,30-28+,43-32+,45-33+. The lowest BCUT2D eigenvalue weighted by molar-refractivity contribution is -0.314. The van der Waals surface area contributed by atoms with Gasteiger partial charge in [-0.2, -0.15) is 0 Å². The molecule has 0 saturated carbocycles. The molecule has 0 aromatic carbocycles. The van der Waals surface area contributed by atoms with Crippen LogP contribution in [-0.4, -0.2) is 239 Å². The number of unbranched alkanes of at least 4 members (excludes halogenated alkanes) is 3. The van der Waals surface area contributed by atoms with E-state index in [2.05, 4.69) is 0 Å². The van der Waals surface area contributed by atoms with Crippen molar-refractivity contribution in [3.05, 3.63) is 47.6 Å². The number of carbonyl (C=O) groups is 1. The van der Waals surface area contributed by atoms with E-state index in [1.165, 1.54) is 19.1 Å². The molecule has 0 aromatic heterocycles. The number of hydrogen-bond donors (Lipinski definition) is 19. The molecule has 1 saturated heterocycles. The van der Waals surface area contributed by atoms with Gasteiger partial charge < -0.3 is 112 Å². The van der Waals surface area contributed by atoms with E-state index in [-0.39, 0.29) is 55.9 Å². The zero-order valence-electron chi connectivity index (χ0n) is 59.3. The number of aliphatic hydroxyl groups is 18. The van der Waals surface area contributed by atoms with Crippen molar-refractivity contribution in [2.24, 2.45) is 64.9 Å². The molecule has 0 aromatic rings. The van der Waals surface area contributed by atoms with E-state index in [4.69, 9.17) is 19.9 Å². The molecule has 23 heteroatoms. The SMILES string of the molecule is C/C1=C\C(C)C(O)/C(C)=C/C(OC2OC(CO)C(O)C(O)C2O)C(O)C(C)C(O)CC(O)/C=C/C(C)C(O)C(C)CCC(O)CC(O)C(C)C(O)C(C)C(O)CC(O)CC(O)C(C)C(C(C)CCCCCCN)OC(=O)CCCCCC(O)C(C)C(O)CC/C=C/C(C)C1O. The summed E-state index contributed by atoms with van der Waals surface area (Å²) in [6.07, 6.45) is -10.2. The van der Waals surface area contributed by atoms with Crippen molar-refractivity contribution in [3.63, 3.8) is 0 Å². The molecule has 2 aliphatic heterocycles. The van der Waals surface area contributed by atoms with Crippen molar-refractivity contribution in [1.29, 1.82) is 0 Å². The van der Waals surface area contributed by atoms with Gasteiger partial charge in [-0.25, -0.2) is 0 Å². The van der Waals surface area contributed by atoms with Gasteiger partial charge in [0.1, 0.15) is 36.6 Å². The van der Waals surface area contributed by atoms with E-state index < -0.39 is 188 Å². The molecule has 558 valence electrons. The molecule has 23 nitrogen and oxygen atoms in total. The van der Waals surface area contributed by atoms with Gasteiger partial charge in [-0.3, -0.25) is 4.79 Å². The minimum Gasteiger partial charge on any atom is -0.462 e. The Morgan fingerprint density at radius 1 is 0.516 bits per heavy atom. The Morgan fingerprint density at radius 3 is 1.67 bits per heavy atom. The van der Waals surface area contributed by atoms with Crippen LogP contribution < -0.4 is 5.73 Å². The maximum absolute atomic E-state index is 13.5. The van der Waals surface area contributed by atoms with Crippen LogP contribution >= 0.6 is 0 Å². The molecule has 95 heavy (non-hydrogen) atoms. The summed E-state index contributed by atoms with van der Waals surface area (Å²) in [7, 11) is 0. The topological polar surface area (TPSA) is 435 Å². The number of aliphatic hydroxyl groups excluding tert-OH is 18. The molecule has 0 aliphatic carbocycles. The average Bonchev–Trinajstić information content (AvgIpc) is 0.820. The molecule has 0 bridgehead atoms. The molecule has 2 aliphatic rings. The van der Waals surface area contributed by atoms with Crippen LogP contribution in [0, 0.1) is 59.2 Å². The highest BCUT2D eigenvalue weighted by molar-refractivity contribution is 5.69. The van der Waals surface area contributed by atoms with Crippen LogP contribution in [-0.2, 0) is 19.0 Å². The summed E-state index contributed by atoms with van der Waals surface area (Å²) in [4.78, 5) is 13.5. The molecule has 2 heterocycles. The molecule has 31 atom stereocenters. The smallest absolute Gasteiger partial charge is 0.306 e. The highest BCUT2D eigenvalue weighted by atomic mass is 16.7. The Bertz CT molecular complexity index is 2190. The minimum absolute atomic E-state index is 0.104. The third-order valence-electron chi connectivity index (χ3n) is 20.8. The number of nitrogens with two attached hydrogens (primary N) is 1. The van der Waals surface area contributed by atoms with E-state index in [9.17, 15) is 96.7 Å². The molecule has 0 radical (unpaired) electrons. The zero-order chi connectivity index (χ0) is 72.1. The molecule has 2 rings (SSSR count). The second-order valence-corrected chi connectivity index (χ2v) is 29.0. The van der Waals surface area contributed by atoms with Crippen LogP contribution in [0.25, 0.3) is 0 Å². The predicted molar refractivity (Wildman–Crippen MR) is 362 cm³/mol. The monoisotopic (exact) mass is 1360 g/mol. The van der Waals surface area contributed by atoms with Gasteiger partial charge in [0.25, 0.3) is 0 Å². The first kappa shape index (κ1) is 88.7. The van der Waals surface area contributed by atoms with Crippen molar-refractivity contribution >= 4 is 5.97 Å². The van der Waals surface area contributed by atoms with Crippen molar-refractivity contribution in [3.8, 4) is 0 Å². The van der Waals surface area contributed by atoms with E-state index in [0.717, 1.165) is 32.1 Å². The quantitative estimate of drug-likeness (QED) is 0.0845. The van der Waals surface area contributed by atoms with Gasteiger partial charge in [-0.15, -0.1) is 0 Å². The lowest BCUT2D eigenvalue weighted by atomic mass is 9.81. The summed E-state index contributed by atoms with van der Waals surface area (Å²) in [5, 5.41) is 200. The largest absolute Gasteiger partial charge is 0.462 e. The van der Waals surface area contributed by atoms with E-state index in [1.807, 2.05) is 26.0 Å². The molecule has 0 amide bonds. The lowest BCUT2D eigenvalue weighted by Gasteiger charge is -2.41. The second kappa shape index (κ2) is 45.5. The van der Waals surface area contributed by atoms with Crippen molar-refractivity contribution in [2.45, 2.75) is 327 Å². The second-order valence-electron chi connectivity index (χ2n) is 29.0. The van der Waals surface area contributed by atoms with Crippen LogP contribution in [0.2, 0.25) is 0 Å². The summed E-state index contributed by atoms with van der Waals surface area (Å²) < 4.78 is 17.8. The van der Waals surface area contributed by atoms with Gasteiger partial charge in [0.15, 0.2) is 6.29 Å². The third-order valence-corrected chi connectivity index (χ3v) is 20.8. The normalized spacial score (nSPS) is 44.3. The summed E-state index contributed by atoms with van der Waals surface area (Å²) in [6.45, 7) is 20.3. The molecule has 20 N–H and O–H groups in total.